The lowest BCUT2D eigenvalue weighted by atomic mass is 9.75. The quantitative estimate of drug-likeness (QED) is 0.193. The van der Waals surface area contributed by atoms with Crippen molar-refractivity contribution in [2.24, 2.45) is 11.7 Å². The first-order chi connectivity index (χ1) is 17.5. The monoisotopic (exact) mass is 513 g/mol. The zero-order valence-electron chi connectivity index (χ0n) is 19.5. The normalized spacial score (nSPS) is 19.6. The molecular formula is C30H25Cl2N3O. The molecule has 4 aromatic carbocycles. The minimum absolute atomic E-state index is 0.0380. The maximum atomic E-state index is 7.96. The topological polar surface area (TPSA) is 71.1 Å². The Balaban J connectivity index is 1.41. The standard InChI is InChI=1S/C30H25Cl2N3O/c31-24-9-5-10-25(32)23(24)16-36-27-11-4-3-8-20(27)29-22-14-17-6-1-2-7-19(17)28(22)21-15-18(30(33)34)12-13-26(21)35-29/h1-13,15,22,28-29,35H,14,16H2,(H3,33,34). The highest BCUT2D eigenvalue weighted by molar-refractivity contribution is 6.35. The van der Waals surface area contributed by atoms with Crippen LogP contribution >= 0.6 is 23.2 Å². The van der Waals surface area contributed by atoms with Crippen LogP contribution in [0.25, 0.3) is 0 Å². The first-order valence-electron chi connectivity index (χ1n) is 12.0. The number of benzene rings is 4. The lowest BCUT2D eigenvalue weighted by molar-refractivity contribution is 0.296. The Morgan fingerprint density at radius 1 is 0.889 bits per heavy atom. The molecule has 6 rings (SSSR count). The second-order valence-corrected chi connectivity index (χ2v) is 10.2. The van der Waals surface area contributed by atoms with E-state index in [1.54, 1.807) is 0 Å². The number of rotatable bonds is 5. The van der Waals surface area contributed by atoms with Crippen LogP contribution in [0.2, 0.25) is 10.0 Å². The molecule has 0 aromatic heterocycles. The summed E-state index contributed by atoms with van der Waals surface area (Å²) in [6.07, 6.45) is 0.951. The molecule has 1 aliphatic carbocycles. The van der Waals surface area contributed by atoms with Crippen LogP contribution < -0.4 is 15.8 Å². The van der Waals surface area contributed by atoms with Gasteiger partial charge < -0.3 is 15.8 Å². The molecule has 2 aliphatic rings. The first kappa shape index (κ1) is 23.0. The van der Waals surface area contributed by atoms with Crippen LogP contribution in [0.5, 0.6) is 5.75 Å². The minimum Gasteiger partial charge on any atom is -0.488 e. The van der Waals surface area contributed by atoms with Crippen molar-refractivity contribution in [2.75, 3.05) is 5.32 Å². The van der Waals surface area contributed by atoms with Gasteiger partial charge in [-0.25, -0.2) is 0 Å². The van der Waals surface area contributed by atoms with Gasteiger partial charge in [0.05, 0.1) is 6.04 Å². The van der Waals surface area contributed by atoms with Crippen LogP contribution in [0, 0.1) is 11.3 Å². The molecule has 0 saturated carbocycles. The average Bonchev–Trinajstić information content (AvgIpc) is 3.28. The van der Waals surface area contributed by atoms with E-state index in [2.05, 4.69) is 47.8 Å². The summed E-state index contributed by atoms with van der Waals surface area (Å²) in [6.45, 7) is 0.287. The number of ether oxygens (including phenoxy) is 1. The molecule has 0 amide bonds. The van der Waals surface area contributed by atoms with Gasteiger partial charge in [-0.1, -0.05) is 71.7 Å². The summed E-state index contributed by atoms with van der Waals surface area (Å²) in [4.78, 5) is 0. The zero-order valence-corrected chi connectivity index (χ0v) is 21.0. The molecule has 36 heavy (non-hydrogen) atoms. The summed E-state index contributed by atoms with van der Waals surface area (Å²) in [5.41, 5.74) is 13.4. The number of hydrogen-bond donors (Lipinski definition) is 3. The molecule has 0 spiro atoms. The van der Waals surface area contributed by atoms with Gasteiger partial charge in [-0.2, -0.15) is 0 Å². The molecule has 0 fully saturated rings. The number of halogens is 2. The minimum atomic E-state index is 0.0380. The summed E-state index contributed by atoms with van der Waals surface area (Å²) < 4.78 is 6.35. The summed E-state index contributed by atoms with van der Waals surface area (Å²) in [7, 11) is 0. The van der Waals surface area contributed by atoms with Crippen LogP contribution in [0.15, 0.2) is 84.9 Å². The molecule has 0 radical (unpaired) electrons. The Morgan fingerprint density at radius 2 is 1.61 bits per heavy atom. The van der Waals surface area contributed by atoms with E-state index in [1.807, 2.05) is 42.5 Å². The summed E-state index contributed by atoms with van der Waals surface area (Å²) >= 11 is 12.8. The van der Waals surface area contributed by atoms with Crippen LogP contribution in [-0.4, -0.2) is 5.84 Å². The van der Waals surface area contributed by atoms with E-state index in [-0.39, 0.29) is 30.3 Å². The van der Waals surface area contributed by atoms with E-state index in [0.717, 1.165) is 34.5 Å². The number of hydrogen-bond acceptors (Lipinski definition) is 3. The predicted octanol–water partition coefficient (Wildman–Crippen LogP) is 7.33. The Labute approximate surface area is 220 Å². The van der Waals surface area contributed by atoms with Crippen molar-refractivity contribution in [3.63, 3.8) is 0 Å². The largest absolute Gasteiger partial charge is 0.488 e. The SMILES string of the molecule is N=C(N)c1ccc2c(c1)C1c3ccccc3CC1C(c1ccccc1OCc1c(Cl)cccc1Cl)N2. The van der Waals surface area contributed by atoms with Crippen molar-refractivity contribution in [1.82, 2.24) is 0 Å². The van der Waals surface area contributed by atoms with Gasteiger partial charge in [0.1, 0.15) is 18.2 Å². The fraction of sp³-hybridized carbons (Fsp3) is 0.167. The summed E-state index contributed by atoms with van der Waals surface area (Å²) in [5.74, 6) is 1.38. The van der Waals surface area contributed by atoms with Crippen molar-refractivity contribution in [3.05, 3.63) is 128 Å². The molecule has 0 bridgehead atoms. The van der Waals surface area contributed by atoms with Gasteiger partial charge >= 0.3 is 0 Å². The number of nitrogen functional groups attached to an aromatic ring is 1. The van der Waals surface area contributed by atoms with Crippen molar-refractivity contribution in [3.8, 4) is 5.75 Å². The molecule has 4 nitrogen and oxygen atoms in total. The molecule has 1 aliphatic heterocycles. The number of amidine groups is 1. The van der Waals surface area contributed by atoms with Gasteiger partial charge in [-0.3, -0.25) is 5.41 Å². The van der Waals surface area contributed by atoms with Gasteiger partial charge in [0.15, 0.2) is 0 Å². The van der Waals surface area contributed by atoms with Crippen LogP contribution in [-0.2, 0) is 13.0 Å². The molecule has 0 saturated heterocycles. The molecule has 4 aromatic rings. The van der Waals surface area contributed by atoms with E-state index >= 15 is 0 Å². The Hall–Kier alpha value is -3.47. The predicted molar refractivity (Wildman–Crippen MR) is 147 cm³/mol. The fourth-order valence-electron chi connectivity index (χ4n) is 5.73. The lowest BCUT2D eigenvalue weighted by Gasteiger charge is -2.38. The summed E-state index contributed by atoms with van der Waals surface area (Å²) in [5, 5.41) is 13.0. The van der Waals surface area contributed by atoms with Crippen LogP contribution in [0.1, 0.15) is 45.3 Å². The van der Waals surface area contributed by atoms with Gasteiger partial charge in [0.25, 0.3) is 0 Å². The second-order valence-electron chi connectivity index (χ2n) is 9.41. The maximum absolute atomic E-state index is 7.96. The van der Waals surface area contributed by atoms with E-state index in [0.29, 0.717) is 10.0 Å². The van der Waals surface area contributed by atoms with E-state index in [4.69, 9.17) is 39.1 Å². The number of nitrogens with two attached hydrogens (primary N) is 1. The van der Waals surface area contributed by atoms with Crippen LogP contribution in [0.3, 0.4) is 0 Å². The van der Waals surface area contributed by atoms with Gasteiger partial charge in [0.2, 0.25) is 0 Å². The molecule has 3 atom stereocenters. The number of nitrogens with one attached hydrogen (secondary N) is 2. The third-order valence-corrected chi connectivity index (χ3v) is 8.11. The molecule has 3 unspecified atom stereocenters. The van der Waals surface area contributed by atoms with Crippen molar-refractivity contribution >= 4 is 34.7 Å². The fourth-order valence-corrected chi connectivity index (χ4v) is 6.23. The number of fused-ring (bicyclic) bond motifs is 5. The van der Waals surface area contributed by atoms with Gasteiger partial charge in [0, 0.05) is 38.3 Å². The third kappa shape index (κ3) is 3.91. The van der Waals surface area contributed by atoms with Gasteiger partial charge in [-0.15, -0.1) is 0 Å². The maximum Gasteiger partial charge on any atom is 0.125 e. The highest BCUT2D eigenvalue weighted by atomic mass is 35.5. The molecular weight excluding hydrogens is 489 g/mol. The van der Waals surface area contributed by atoms with Crippen molar-refractivity contribution in [2.45, 2.75) is 25.0 Å². The number of para-hydroxylation sites is 1. The molecule has 1 heterocycles. The highest BCUT2D eigenvalue weighted by Crippen LogP contribution is 2.55. The smallest absolute Gasteiger partial charge is 0.125 e. The van der Waals surface area contributed by atoms with E-state index in [1.165, 1.54) is 16.7 Å². The Bertz CT molecular complexity index is 1460. The van der Waals surface area contributed by atoms with E-state index in [9.17, 15) is 0 Å². The second kappa shape index (κ2) is 9.20. The molecule has 180 valence electrons. The highest BCUT2D eigenvalue weighted by Gasteiger charge is 2.44. The van der Waals surface area contributed by atoms with Crippen LogP contribution in [0.4, 0.5) is 5.69 Å². The lowest BCUT2D eigenvalue weighted by Crippen LogP contribution is -2.31. The van der Waals surface area contributed by atoms with Crippen molar-refractivity contribution in [1.29, 1.82) is 5.41 Å². The Kier molecular flexibility index (Phi) is 5.87. The van der Waals surface area contributed by atoms with Gasteiger partial charge in [-0.05, 0) is 65.4 Å². The zero-order chi connectivity index (χ0) is 24.8. The molecule has 6 heteroatoms. The van der Waals surface area contributed by atoms with Crippen molar-refractivity contribution < 1.29 is 4.74 Å². The van der Waals surface area contributed by atoms with E-state index < -0.39 is 0 Å². The molecule has 4 N–H and O–H groups in total. The first-order valence-corrected chi connectivity index (χ1v) is 12.7. The summed E-state index contributed by atoms with van der Waals surface area (Å²) in [6, 6.07) is 28.4. The Morgan fingerprint density at radius 3 is 2.39 bits per heavy atom. The number of anilines is 1. The third-order valence-electron chi connectivity index (χ3n) is 7.40. The average molecular weight is 514 g/mol.